The highest BCUT2D eigenvalue weighted by molar-refractivity contribution is 6.30. The summed E-state index contributed by atoms with van der Waals surface area (Å²) in [4.78, 5) is 36.6. The van der Waals surface area contributed by atoms with E-state index in [9.17, 15) is 14.4 Å². The molecule has 7 heteroatoms. The molecule has 0 saturated heterocycles. The summed E-state index contributed by atoms with van der Waals surface area (Å²) < 4.78 is 10.7. The number of ketones is 1. The Bertz CT molecular complexity index is 1020. The highest BCUT2D eigenvalue weighted by Gasteiger charge is 2.22. The maximum atomic E-state index is 12.3. The van der Waals surface area contributed by atoms with Crippen LogP contribution in [0, 0.1) is 5.41 Å². The Labute approximate surface area is 179 Å². The highest BCUT2D eigenvalue weighted by atomic mass is 35.5. The van der Waals surface area contributed by atoms with E-state index in [2.05, 4.69) is 5.32 Å². The zero-order valence-corrected chi connectivity index (χ0v) is 17.7. The molecule has 2 aromatic carbocycles. The van der Waals surface area contributed by atoms with Crippen LogP contribution in [0.2, 0.25) is 5.02 Å². The average molecular weight is 428 g/mol. The molecule has 0 unspecified atom stereocenters. The van der Waals surface area contributed by atoms with E-state index in [1.807, 2.05) is 20.8 Å². The van der Waals surface area contributed by atoms with Gasteiger partial charge in [0.1, 0.15) is 12.4 Å². The van der Waals surface area contributed by atoms with E-state index in [1.165, 1.54) is 0 Å². The fourth-order valence-electron chi connectivity index (χ4n) is 2.63. The molecule has 1 amide bonds. The van der Waals surface area contributed by atoms with Gasteiger partial charge in [0.05, 0.1) is 5.57 Å². The van der Waals surface area contributed by atoms with Crippen LogP contribution in [0.4, 0.5) is 5.69 Å². The molecular formula is C23H22ClNO5. The molecule has 30 heavy (non-hydrogen) atoms. The number of carbonyl (C=O) groups excluding carboxylic acids is 3. The summed E-state index contributed by atoms with van der Waals surface area (Å²) in [5.41, 5.74) is 1.43. The predicted octanol–water partition coefficient (Wildman–Crippen LogP) is 4.53. The number of anilines is 1. The Morgan fingerprint density at radius 3 is 2.47 bits per heavy atom. The number of fused-ring (bicyclic) bond motifs is 1. The summed E-state index contributed by atoms with van der Waals surface area (Å²) in [5, 5.41) is 3.32. The molecule has 2 aromatic rings. The van der Waals surface area contributed by atoms with Gasteiger partial charge < -0.3 is 14.8 Å². The first-order chi connectivity index (χ1) is 14.1. The molecule has 0 bridgehead atoms. The third-order valence-corrected chi connectivity index (χ3v) is 4.66. The monoisotopic (exact) mass is 427 g/mol. The maximum Gasteiger partial charge on any atom is 0.337 e. The zero-order valence-electron chi connectivity index (χ0n) is 17.0. The lowest BCUT2D eigenvalue weighted by Gasteiger charge is -2.18. The molecule has 1 aliphatic rings. The minimum Gasteiger partial charge on any atom is -0.488 e. The van der Waals surface area contributed by atoms with Crippen molar-refractivity contribution >= 4 is 41.0 Å². The number of halogens is 1. The second-order valence-corrected chi connectivity index (χ2v) is 8.36. The second kappa shape index (κ2) is 8.71. The number of hydrogen-bond donors (Lipinski definition) is 1. The Kier molecular flexibility index (Phi) is 6.27. The minimum absolute atomic E-state index is 0.0594. The Balaban J connectivity index is 1.58. The van der Waals surface area contributed by atoms with Gasteiger partial charge in [-0.2, -0.15) is 0 Å². The molecule has 1 aliphatic heterocycles. The van der Waals surface area contributed by atoms with Crippen LogP contribution in [0.5, 0.6) is 5.75 Å². The number of amides is 1. The molecule has 0 saturated carbocycles. The second-order valence-electron chi connectivity index (χ2n) is 7.92. The molecule has 6 nitrogen and oxygen atoms in total. The van der Waals surface area contributed by atoms with Gasteiger partial charge in [0.15, 0.2) is 12.4 Å². The quantitative estimate of drug-likeness (QED) is 0.560. The molecule has 3 rings (SSSR count). The molecule has 0 aliphatic carbocycles. The zero-order chi connectivity index (χ0) is 21.9. The van der Waals surface area contributed by atoms with Gasteiger partial charge in [-0.3, -0.25) is 9.59 Å². The van der Waals surface area contributed by atoms with Crippen molar-refractivity contribution in [2.45, 2.75) is 20.8 Å². The van der Waals surface area contributed by atoms with Crippen LogP contribution >= 0.6 is 11.6 Å². The summed E-state index contributed by atoms with van der Waals surface area (Å²) in [5.74, 6) is -0.465. The Morgan fingerprint density at radius 1 is 1.10 bits per heavy atom. The topological polar surface area (TPSA) is 81.7 Å². The van der Waals surface area contributed by atoms with Crippen molar-refractivity contribution in [2.24, 2.45) is 5.41 Å². The molecule has 156 valence electrons. The minimum atomic E-state index is -0.622. The molecular weight excluding hydrogens is 406 g/mol. The molecule has 0 radical (unpaired) electrons. The van der Waals surface area contributed by atoms with E-state index in [-0.39, 0.29) is 18.3 Å². The standard InChI is InChI=1S/C23H22ClNO5/c1-23(2,3)22(28)25-18-7-4-14(5-8-18)19(26)13-30-21(27)16-10-15-11-17(24)6-9-20(15)29-12-16/h4-11H,12-13H2,1-3H3,(H,25,28). The molecule has 0 aromatic heterocycles. The maximum absolute atomic E-state index is 12.3. The first kappa shape index (κ1) is 21.6. The molecule has 1 heterocycles. The Hall–Kier alpha value is -3.12. The molecule has 0 spiro atoms. The van der Waals surface area contributed by atoms with E-state index in [0.29, 0.717) is 33.2 Å². The van der Waals surface area contributed by atoms with Crippen molar-refractivity contribution < 1.29 is 23.9 Å². The van der Waals surface area contributed by atoms with Crippen molar-refractivity contribution in [3.63, 3.8) is 0 Å². The summed E-state index contributed by atoms with van der Waals surface area (Å²) in [6.07, 6.45) is 1.64. The number of benzene rings is 2. The summed E-state index contributed by atoms with van der Waals surface area (Å²) >= 11 is 5.97. The fraction of sp³-hybridized carbons (Fsp3) is 0.261. The van der Waals surface area contributed by atoms with E-state index in [0.717, 1.165) is 0 Å². The number of carbonyl (C=O) groups is 3. The smallest absolute Gasteiger partial charge is 0.337 e. The number of hydrogen-bond acceptors (Lipinski definition) is 5. The number of esters is 1. The van der Waals surface area contributed by atoms with Gasteiger partial charge in [0.2, 0.25) is 5.91 Å². The van der Waals surface area contributed by atoms with Crippen LogP contribution in [0.3, 0.4) is 0 Å². The van der Waals surface area contributed by atoms with E-state index >= 15 is 0 Å². The van der Waals surface area contributed by atoms with E-state index in [4.69, 9.17) is 21.1 Å². The van der Waals surface area contributed by atoms with E-state index < -0.39 is 18.0 Å². The summed E-state index contributed by atoms with van der Waals surface area (Å²) in [6.45, 7) is 5.10. The first-order valence-electron chi connectivity index (χ1n) is 9.38. The Morgan fingerprint density at radius 2 is 1.80 bits per heavy atom. The van der Waals surface area contributed by atoms with Gasteiger partial charge in [0.25, 0.3) is 0 Å². The van der Waals surface area contributed by atoms with Gasteiger partial charge in [-0.25, -0.2) is 4.79 Å². The normalized spacial score (nSPS) is 12.9. The van der Waals surface area contributed by atoms with Crippen molar-refractivity contribution in [1.29, 1.82) is 0 Å². The van der Waals surface area contributed by atoms with E-state index in [1.54, 1.807) is 48.5 Å². The SMILES string of the molecule is CC(C)(C)C(=O)Nc1ccc(C(=O)COC(=O)C2=Cc3cc(Cl)ccc3OC2)cc1. The van der Waals surface area contributed by atoms with Crippen molar-refractivity contribution in [3.05, 3.63) is 64.2 Å². The van der Waals surface area contributed by atoms with Gasteiger partial charge in [-0.15, -0.1) is 0 Å². The number of rotatable bonds is 5. The lowest BCUT2D eigenvalue weighted by molar-refractivity contribution is -0.138. The average Bonchev–Trinajstić information content (AvgIpc) is 2.71. The number of ether oxygens (including phenoxy) is 2. The van der Waals surface area contributed by atoms with Crippen LogP contribution < -0.4 is 10.1 Å². The van der Waals surface area contributed by atoms with Gasteiger partial charge >= 0.3 is 5.97 Å². The largest absolute Gasteiger partial charge is 0.488 e. The predicted molar refractivity (Wildman–Crippen MR) is 115 cm³/mol. The van der Waals surface area contributed by atoms with Crippen LogP contribution in [0.15, 0.2) is 48.0 Å². The highest BCUT2D eigenvalue weighted by Crippen LogP contribution is 2.29. The fourth-order valence-corrected chi connectivity index (χ4v) is 2.81. The van der Waals surface area contributed by atoms with Crippen LogP contribution in [-0.2, 0) is 14.3 Å². The van der Waals surface area contributed by atoms with Crippen molar-refractivity contribution in [2.75, 3.05) is 18.5 Å². The third-order valence-electron chi connectivity index (χ3n) is 4.43. The first-order valence-corrected chi connectivity index (χ1v) is 9.76. The van der Waals surface area contributed by atoms with Crippen LogP contribution in [0.25, 0.3) is 6.08 Å². The molecule has 0 fully saturated rings. The van der Waals surface area contributed by atoms with Crippen LogP contribution in [-0.4, -0.2) is 30.9 Å². The summed E-state index contributed by atoms with van der Waals surface area (Å²) in [6, 6.07) is 11.6. The van der Waals surface area contributed by atoms with Gasteiger partial charge in [-0.05, 0) is 48.5 Å². The summed E-state index contributed by atoms with van der Waals surface area (Å²) in [7, 11) is 0. The number of Topliss-reactive ketones (excluding diaryl/α,β-unsaturated/α-hetero) is 1. The lowest BCUT2D eigenvalue weighted by Crippen LogP contribution is -2.27. The van der Waals surface area contributed by atoms with Crippen molar-refractivity contribution in [3.8, 4) is 5.75 Å². The third kappa shape index (κ3) is 5.27. The molecule has 0 atom stereocenters. The lowest BCUT2D eigenvalue weighted by atomic mass is 9.95. The van der Waals surface area contributed by atoms with Gasteiger partial charge in [0, 0.05) is 27.3 Å². The number of nitrogens with one attached hydrogen (secondary N) is 1. The van der Waals surface area contributed by atoms with Crippen LogP contribution in [0.1, 0.15) is 36.7 Å². The van der Waals surface area contributed by atoms with Gasteiger partial charge in [-0.1, -0.05) is 32.4 Å². The van der Waals surface area contributed by atoms with Crippen molar-refractivity contribution in [1.82, 2.24) is 0 Å². The molecule has 1 N–H and O–H groups in total.